The predicted octanol–water partition coefficient (Wildman–Crippen LogP) is 3.22. The molecule has 0 radical (unpaired) electrons. The van der Waals surface area contributed by atoms with Crippen LogP contribution in [-0.2, 0) is 4.79 Å². The number of nitrogens with zero attached hydrogens (tertiary/aromatic N) is 1. The molecule has 0 spiro atoms. The van der Waals surface area contributed by atoms with Gasteiger partial charge in [-0.1, -0.05) is 17.7 Å². The van der Waals surface area contributed by atoms with Crippen LogP contribution in [0.15, 0.2) is 30.5 Å². The molecule has 128 valence electrons. The van der Waals surface area contributed by atoms with E-state index in [1.54, 1.807) is 18.2 Å². The van der Waals surface area contributed by atoms with Crippen molar-refractivity contribution in [3.63, 3.8) is 0 Å². The largest absolute Gasteiger partial charge is 0.490 e. The molecule has 1 aromatic rings. The zero-order valence-electron chi connectivity index (χ0n) is 13.6. The number of benzene rings is 1. The number of halogens is 1. The van der Waals surface area contributed by atoms with E-state index in [0.29, 0.717) is 35.3 Å². The molecule has 0 atom stereocenters. The molecule has 6 nitrogen and oxygen atoms in total. The van der Waals surface area contributed by atoms with Crippen LogP contribution >= 0.6 is 11.6 Å². The summed E-state index contributed by atoms with van der Waals surface area (Å²) in [4.78, 5) is 25.1. The molecule has 7 heteroatoms. The molecule has 1 N–H and O–H groups in total. The van der Waals surface area contributed by atoms with Crippen LogP contribution in [0.4, 0.5) is 4.79 Å². The Morgan fingerprint density at radius 1 is 1.25 bits per heavy atom. The van der Waals surface area contributed by atoms with Crippen molar-refractivity contribution in [1.82, 2.24) is 10.2 Å². The number of urea groups is 1. The van der Waals surface area contributed by atoms with Gasteiger partial charge in [0.1, 0.15) is 5.70 Å². The number of ether oxygens (including phenoxy) is 2. The molecule has 1 aromatic carbocycles. The summed E-state index contributed by atoms with van der Waals surface area (Å²) in [5.41, 5.74) is 0.792. The molecule has 1 heterocycles. The molecule has 0 saturated carbocycles. The average molecular weight is 351 g/mol. The highest BCUT2D eigenvalue weighted by Crippen LogP contribution is 2.37. The highest BCUT2D eigenvalue weighted by molar-refractivity contribution is 6.32. The molecule has 24 heavy (non-hydrogen) atoms. The summed E-state index contributed by atoms with van der Waals surface area (Å²) < 4.78 is 11.0. The van der Waals surface area contributed by atoms with Gasteiger partial charge in [-0.05, 0) is 37.6 Å². The molecule has 1 fully saturated rings. The summed E-state index contributed by atoms with van der Waals surface area (Å²) in [6.07, 6.45) is 3.04. The average Bonchev–Trinajstić information content (AvgIpc) is 2.79. The Morgan fingerprint density at radius 2 is 1.96 bits per heavy atom. The molecule has 1 aliphatic heterocycles. The molecule has 3 amide bonds. The van der Waals surface area contributed by atoms with Crippen LogP contribution in [-0.4, -0.2) is 36.6 Å². The van der Waals surface area contributed by atoms with E-state index < -0.39 is 11.9 Å². The Labute approximate surface area is 145 Å². The van der Waals surface area contributed by atoms with Crippen molar-refractivity contribution >= 4 is 29.6 Å². The number of nitrogens with one attached hydrogen (secondary N) is 1. The third kappa shape index (κ3) is 3.71. The highest BCUT2D eigenvalue weighted by atomic mass is 35.5. The highest BCUT2D eigenvalue weighted by Gasteiger charge is 2.32. The van der Waals surface area contributed by atoms with Gasteiger partial charge >= 0.3 is 6.03 Å². The maximum Gasteiger partial charge on any atom is 0.329 e. The molecule has 0 aliphatic carbocycles. The number of carbonyl (C=O) groups excluding carboxylic acids is 2. The predicted molar refractivity (Wildman–Crippen MR) is 92.2 cm³/mol. The van der Waals surface area contributed by atoms with Crippen molar-refractivity contribution in [1.29, 1.82) is 0 Å². The quantitative estimate of drug-likeness (QED) is 0.466. The zero-order valence-corrected chi connectivity index (χ0v) is 14.4. The monoisotopic (exact) mass is 350 g/mol. The van der Waals surface area contributed by atoms with Crippen molar-refractivity contribution in [2.75, 3.05) is 19.8 Å². The molecule has 2 rings (SSSR count). The van der Waals surface area contributed by atoms with Crippen molar-refractivity contribution in [2.45, 2.75) is 13.8 Å². The first kappa shape index (κ1) is 17.9. The molecular formula is C17H19ClN2O4. The first-order chi connectivity index (χ1) is 11.5. The van der Waals surface area contributed by atoms with Crippen molar-refractivity contribution < 1.29 is 19.1 Å². The smallest absolute Gasteiger partial charge is 0.329 e. The first-order valence-electron chi connectivity index (χ1n) is 7.56. The van der Waals surface area contributed by atoms with Gasteiger partial charge in [0, 0.05) is 6.54 Å². The van der Waals surface area contributed by atoms with Crippen LogP contribution < -0.4 is 14.8 Å². The minimum absolute atomic E-state index is 0.149. The number of rotatable bonds is 7. The fourth-order valence-electron chi connectivity index (χ4n) is 2.25. The Bertz CT molecular complexity index is 700. The van der Waals surface area contributed by atoms with Crippen LogP contribution in [0.25, 0.3) is 6.08 Å². The SMILES string of the molecule is C=CCN1C(=O)N/C(=C/c2cc(Cl)c(OCC)c(OCC)c2)C1=O. The topological polar surface area (TPSA) is 67.9 Å². The lowest BCUT2D eigenvalue weighted by Crippen LogP contribution is -2.30. The number of hydrogen-bond donors (Lipinski definition) is 1. The number of carbonyl (C=O) groups is 2. The van der Waals surface area contributed by atoms with Gasteiger partial charge in [-0.15, -0.1) is 6.58 Å². The Kier molecular flexibility index (Phi) is 5.87. The van der Waals surface area contributed by atoms with Gasteiger partial charge in [0.05, 0.1) is 18.2 Å². The lowest BCUT2D eigenvalue weighted by Gasteiger charge is -2.13. The molecule has 1 saturated heterocycles. The van der Waals surface area contributed by atoms with E-state index in [1.807, 2.05) is 13.8 Å². The minimum atomic E-state index is -0.479. The van der Waals surface area contributed by atoms with E-state index in [9.17, 15) is 9.59 Å². The summed E-state index contributed by atoms with van der Waals surface area (Å²) in [7, 11) is 0. The fourth-order valence-corrected chi connectivity index (χ4v) is 2.53. The number of hydrogen-bond acceptors (Lipinski definition) is 4. The Morgan fingerprint density at radius 3 is 2.58 bits per heavy atom. The standard InChI is InChI=1S/C17H19ClN2O4/c1-4-7-20-16(21)13(19-17(20)22)9-11-8-12(18)15(24-6-3)14(10-11)23-5-2/h4,8-10H,1,5-7H2,2-3H3,(H,19,22)/b13-9+. The van der Waals surface area contributed by atoms with Crippen molar-refractivity contribution in [3.05, 3.63) is 41.1 Å². The summed E-state index contributed by atoms with van der Waals surface area (Å²) in [5.74, 6) is 0.527. The zero-order chi connectivity index (χ0) is 17.7. The van der Waals surface area contributed by atoms with E-state index in [1.165, 1.54) is 6.08 Å². The van der Waals surface area contributed by atoms with E-state index in [2.05, 4.69) is 11.9 Å². The van der Waals surface area contributed by atoms with Gasteiger partial charge in [0.15, 0.2) is 11.5 Å². The van der Waals surface area contributed by atoms with Crippen LogP contribution in [0, 0.1) is 0 Å². The molecule has 1 aliphatic rings. The third-order valence-electron chi connectivity index (χ3n) is 3.21. The lowest BCUT2D eigenvalue weighted by molar-refractivity contribution is -0.122. The van der Waals surface area contributed by atoms with Gasteiger partial charge in [-0.3, -0.25) is 9.69 Å². The third-order valence-corrected chi connectivity index (χ3v) is 3.49. The van der Waals surface area contributed by atoms with E-state index in [-0.39, 0.29) is 12.2 Å². The van der Waals surface area contributed by atoms with Crippen LogP contribution in [0.3, 0.4) is 0 Å². The summed E-state index contributed by atoms with van der Waals surface area (Å²) in [6, 6.07) is 2.88. The second-order valence-corrected chi connectivity index (χ2v) is 5.30. The van der Waals surface area contributed by atoms with Gasteiger partial charge in [-0.25, -0.2) is 4.79 Å². The van der Waals surface area contributed by atoms with Crippen LogP contribution in [0.2, 0.25) is 5.02 Å². The molecule has 0 bridgehead atoms. The van der Waals surface area contributed by atoms with Crippen molar-refractivity contribution in [3.8, 4) is 11.5 Å². The van der Waals surface area contributed by atoms with E-state index in [0.717, 1.165) is 4.90 Å². The Balaban J connectivity index is 2.37. The van der Waals surface area contributed by atoms with Gasteiger partial charge in [0.2, 0.25) is 0 Å². The number of amides is 3. The second kappa shape index (κ2) is 7.88. The second-order valence-electron chi connectivity index (χ2n) is 4.89. The molecule has 0 unspecified atom stereocenters. The normalized spacial score (nSPS) is 15.6. The van der Waals surface area contributed by atoms with Gasteiger partial charge in [0.25, 0.3) is 5.91 Å². The van der Waals surface area contributed by atoms with Crippen molar-refractivity contribution in [2.24, 2.45) is 0 Å². The number of imide groups is 1. The fraction of sp³-hybridized carbons (Fsp3) is 0.294. The Hall–Kier alpha value is -2.47. The lowest BCUT2D eigenvalue weighted by atomic mass is 10.1. The van der Waals surface area contributed by atoms with Crippen LogP contribution in [0.5, 0.6) is 11.5 Å². The molecule has 0 aromatic heterocycles. The van der Waals surface area contributed by atoms with E-state index in [4.69, 9.17) is 21.1 Å². The van der Waals surface area contributed by atoms with E-state index >= 15 is 0 Å². The van der Waals surface area contributed by atoms with Gasteiger partial charge < -0.3 is 14.8 Å². The van der Waals surface area contributed by atoms with Crippen LogP contribution in [0.1, 0.15) is 19.4 Å². The maximum atomic E-state index is 12.2. The summed E-state index contributed by atoms with van der Waals surface area (Å²) >= 11 is 6.25. The minimum Gasteiger partial charge on any atom is -0.490 e. The first-order valence-corrected chi connectivity index (χ1v) is 7.94. The van der Waals surface area contributed by atoms with Gasteiger partial charge in [-0.2, -0.15) is 0 Å². The summed E-state index contributed by atoms with van der Waals surface area (Å²) in [6.45, 7) is 8.27. The summed E-state index contributed by atoms with van der Waals surface area (Å²) in [5, 5.41) is 2.90. The maximum absolute atomic E-state index is 12.2. The molecular weight excluding hydrogens is 332 g/mol.